The van der Waals surface area contributed by atoms with Crippen LogP contribution in [0, 0.1) is 0 Å². The predicted molar refractivity (Wildman–Crippen MR) is 93.0 cm³/mol. The Morgan fingerprint density at radius 3 is 2.35 bits per heavy atom. The molecule has 9 heteroatoms. The predicted octanol–water partition coefficient (Wildman–Crippen LogP) is 5.45. The summed E-state index contributed by atoms with van der Waals surface area (Å²) in [5.41, 5.74) is -0.659. The molecule has 0 bridgehead atoms. The Bertz CT molecular complexity index is 953. The number of aromatic nitrogens is 2. The molecule has 1 N–H and O–H groups in total. The minimum absolute atomic E-state index is 0.0779. The number of carbonyl (C=O) groups is 1. The van der Waals surface area contributed by atoms with Gasteiger partial charge in [-0.3, -0.25) is 4.79 Å². The van der Waals surface area contributed by atoms with Crippen molar-refractivity contribution in [1.82, 2.24) is 9.78 Å². The first kappa shape index (κ1) is 18.3. The van der Waals surface area contributed by atoms with Crippen LogP contribution in [0.5, 0.6) is 0 Å². The van der Waals surface area contributed by atoms with Gasteiger partial charge < -0.3 is 5.32 Å². The number of anilines is 1. The number of nitrogens with zero attached hydrogens (tertiary/aromatic N) is 2. The van der Waals surface area contributed by atoms with Crippen molar-refractivity contribution in [3.8, 4) is 5.69 Å². The van der Waals surface area contributed by atoms with Gasteiger partial charge in [0, 0.05) is 16.2 Å². The molecule has 1 heterocycles. The SMILES string of the molecule is O=C(Nc1ccc(Cl)cc1C(F)(F)F)c1cnn(-c2ccc(Cl)cc2)c1. The number of amides is 1. The number of halogens is 5. The first-order valence-electron chi connectivity index (χ1n) is 7.23. The molecule has 0 unspecified atom stereocenters. The van der Waals surface area contributed by atoms with Crippen molar-refractivity contribution in [2.45, 2.75) is 6.18 Å². The van der Waals surface area contributed by atoms with Gasteiger partial charge in [-0.1, -0.05) is 23.2 Å². The molecule has 0 aliphatic heterocycles. The molecule has 1 aromatic heterocycles. The normalized spacial score (nSPS) is 11.4. The average Bonchev–Trinajstić information content (AvgIpc) is 3.06. The number of hydrogen-bond donors (Lipinski definition) is 1. The van der Waals surface area contributed by atoms with Crippen LogP contribution in [-0.4, -0.2) is 15.7 Å². The second-order valence-electron chi connectivity index (χ2n) is 5.29. The molecule has 0 aliphatic carbocycles. The minimum Gasteiger partial charge on any atom is -0.321 e. The molecular weight excluding hydrogens is 390 g/mol. The minimum atomic E-state index is -4.65. The number of benzene rings is 2. The maximum atomic E-state index is 13.1. The lowest BCUT2D eigenvalue weighted by Gasteiger charge is -2.13. The van der Waals surface area contributed by atoms with Gasteiger partial charge in [0.1, 0.15) is 0 Å². The van der Waals surface area contributed by atoms with Crippen molar-refractivity contribution in [3.63, 3.8) is 0 Å². The molecule has 3 rings (SSSR count). The number of alkyl halides is 3. The Kier molecular flexibility index (Phi) is 4.93. The van der Waals surface area contributed by atoms with E-state index in [1.807, 2.05) is 0 Å². The summed E-state index contributed by atoms with van der Waals surface area (Å²) in [6.07, 6.45) is -1.99. The zero-order chi connectivity index (χ0) is 18.9. The molecule has 1 amide bonds. The maximum absolute atomic E-state index is 13.1. The van der Waals surface area contributed by atoms with E-state index >= 15 is 0 Å². The van der Waals surface area contributed by atoms with Crippen molar-refractivity contribution >= 4 is 34.8 Å². The van der Waals surface area contributed by atoms with E-state index in [9.17, 15) is 18.0 Å². The van der Waals surface area contributed by atoms with Crippen LogP contribution in [0.2, 0.25) is 10.0 Å². The van der Waals surface area contributed by atoms with Crippen LogP contribution in [-0.2, 0) is 6.18 Å². The van der Waals surface area contributed by atoms with Crippen LogP contribution in [0.15, 0.2) is 54.9 Å². The third-order valence-corrected chi connectivity index (χ3v) is 3.96. The zero-order valence-electron chi connectivity index (χ0n) is 12.9. The van der Waals surface area contributed by atoms with E-state index in [0.29, 0.717) is 10.7 Å². The third kappa shape index (κ3) is 4.00. The van der Waals surface area contributed by atoms with Crippen molar-refractivity contribution in [2.75, 3.05) is 5.32 Å². The highest BCUT2D eigenvalue weighted by Crippen LogP contribution is 2.36. The van der Waals surface area contributed by atoms with E-state index < -0.39 is 17.6 Å². The molecular formula is C17H10Cl2F3N3O. The Balaban J connectivity index is 1.85. The fraction of sp³-hybridized carbons (Fsp3) is 0.0588. The van der Waals surface area contributed by atoms with Crippen LogP contribution in [0.25, 0.3) is 5.69 Å². The summed E-state index contributed by atoms with van der Waals surface area (Å²) in [5.74, 6) is -0.724. The lowest BCUT2D eigenvalue weighted by Crippen LogP contribution is -2.16. The van der Waals surface area contributed by atoms with Gasteiger partial charge in [0.25, 0.3) is 5.91 Å². The van der Waals surface area contributed by atoms with Crippen molar-refractivity contribution in [2.24, 2.45) is 0 Å². The second-order valence-corrected chi connectivity index (χ2v) is 6.16. The molecule has 0 fully saturated rings. The molecule has 0 radical (unpaired) electrons. The lowest BCUT2D eigenvalue weighted by atomic mass is 10.1. The van der Waals surface area contributed by atoms with Crippen LogP contribution >= 0.6 is 23.2 Å². The lowest BCUT2D eigenvalue weighted by molar-refractivity contribution is -0.136. The highest BCUT2D eigenvalue weighted by molar-refractivity contribution is 6.31. The summed E-state index contributed by atoms with van der Waals surface area (Å²) < 4.78 is 40.7. The van der Waals surface area contributed by atoms with E-state index in [2.05, 4.69) is 10.4 Å². The maximum Gasteiger partial charge on any atom is 0.418 e. The number of hydrogen-bond acceptors (Lipinski definition) is 2. The van der Waals surface area contributed by atoms with Crippen LogP contribution in [0.1, 0.15) is 15.9 Å². The number of rotatable bonds is 3. The molecule has 4 nitrogen and oxygen atoms in total. The van der Waals surface area contributed by atoms with Gasteiger partial charge in [-0.05, 0) is 42.5 Å². The Morgan fingerprint density at radius 1 is 1.04 bits per heavy atom. The summed E-state index contributed by atoms with van der Waals surface area (Å²) in [6.45, 7) is 0. The van der Waals surface area contributed by atoms with E-state index in [4.69, 9.17) is 23.2 Å². The Labute approximate surface area is 156 Å². The van der Waals surface area contributed by atoms with E-state index in [-0.39, 0.29) is 16.3 Å². The molecule has 0 aliphatic rings. The second kappa shape index (κ2) is 7.01. The Morgan fingerprint density at radius 2 is 1.69 bits per heavy atom. The van der Waals surface area contributed by atoms with E-state index in [1.54, 1.807) is 24.3 Å². The zero-order valence-corrected chi connectivity index (χ0v) is 14.4. The highest BCUT2D eigenvalue weighted by Gasteiger charge is 2.34. The fourth-order valence-corrected chi connectivity index (χ4v) is 2.53. The number of carbonyl (C=O) groups excluding carboxylic acids is 1. The molecule has 0 saturated carbocycles. The topological polar surface area (TPSA) is 46.9 Å². The Hall–Kier alpha value is -2.51. The van der Waals surface area contributed by atoms with Gasteiger partial charge >= 0.3 is 6.18 Å². The van der Waals surface area contributed by atoms with Crippen LogP contribution in [0.4, 0.5) is 18.9 Å². The van der Waals surface area contributed by atoms with Crippen molar-refractivity contribution in [3.05, 3.63) is 76.0 Å². The van der Waals surface area contributed by atoms with E-state index in [0.717, 1.165) is 12.1 Å². The standard InChI is InChI=1S/C17H10Cl2F3N3O/c18-11-1-4-13(5-2-11)25-9-10(8-23-25)16(26)24-15-6-3-12(19)7-14(15)17(20,21)22/h1-9H,(H,24,26). The van der Waals surface area contributed by atoms with Crippen LogP contribution in [0.3, 0.4) is 0 Å². The van der Waals surface area contributed by atoms with Gasteiger partial charge in [-0.25, -0.2) is 4.68 Å². The highest BCUT2D eigenvalue weighted by atomic mass is 35.5. The number of nitrogens with one attached hydrogen (secondary N) is 1. The fourth-order valence-electron chi connectivity index (χ4n) is 2.23. The van der Waals surface area contributed by atoms with Gasteiger partial charge in [0.2, 0.25) is 0 Å². The summed E-state index contributed by atoms with van der Waals surface area (Å²) in [6, 6.07) is 9.82. The van der Waals surface area contributed by atoms with Gasteiger partial charge in [0.05, 0.1) is 28.7 Å². The average molecular weight is 400 g/mol. The summed E-state index contributed by atoms with van der Waals surface area (Å²) in [5, 5.41) is 6.74. The molecule has 0 saturated heterocycles. The summed E-state index contributed by atoms with van der Waals surface area (Å²) in [4.78, 5) is 12.3. The molecule has 26 heavy (non-hydrogen) atoms. The van der Waals surface area contributed by atoms with Crippen molar-refractivity contribution in [1.29, 1.82) is 0 Å². The third-order valence-electron chi connectivity index (χ3n) is 3.47. The summed E-state index contributed by atoms with van der Waals surface area (Å²) in [7, 11) is 0. The molecule has 0 spiro atoms. The smallest absolute Gasteiger partial charge is 0.321 e. The van der Waals surface area contributed by atoms with Gasteiger partial charge in [-0.15, -0.1) is 0 Å². The molecule has 3 aromatic rings. The molecule has 0 atom stereocenters. The van der Waals surface area contributed by atoms with Gasteiger partial charge in [-0.2, -0.15) is 18.3 Å². The van der Waals surface area contributed by atoms with Crippen molar-refractivity contribution < 1.29 is 18.0 Å². The van der Waals surface area contributed by atoms with E-state index in [1.165, 1.54) is 23.1 Å². The molecule has 2 aromatic carbocycles. The van der Waals surface area contributed by atoms with Gasteiger partial charge in [0.15, 0.2) is 0 Å². The molecule has 134 valence electrons. The largest absolute Gasteiger partial charge is 0.418 e. The first-order valence-corrected chi connectivity index (χ1v) is 7.98. The first-order chi connectivity index (χ1) is 12.2. The van der Waals surface area contributed by atoms with Crippen LogP contribution < -0.4 is 5.32 Å². The quantitative estimate of drug-likeness (QED) is 0.636. The summed E-state index contributed by atoms with van der Waals surface area (Å²) >= 11 is 11.4. The monoisotopic (exact) mass is 399 g/mol.